The molecule has 41 heavy (non-hydrogen) atoms. The maximum absolute atomic E-state index is 3.95. The molecule has 0 aliphatic carbocycles. The summed E-state index contributed by atoms with van der Waals surface area (Å²) >= 11 is 3.95. The average molecular weight is 586 g/mol. The van der Waals surface area contributed by atoms with Crippen LogP contribution in [0.2, 0.25) is 0 Å². The smallest absolute Gasteiger partial charge is 0.0332 e. The van der Waals surface area contributed by atoms with Crippen LogP contribution in [0.5, 0.6) is 0 Å². The Hall–Kier alpha value is -4.72. The largest absolute Gasteiger partial charge is 0.0622 e. The molecule has 0 atom stereocenters. The van der Waals surface area contributed by atoms with Crippen molar-refractivity contribution in [2.75, 3.05) is 0 Å². The van der Waals surface area contributed by atoms with Gasteiger partial charge in [0.15, 0.2) is 0 Å². The van der Waals surface area contributed by atoms with Crippen LogP contribution in [-0.2, 0) is 0 Å². The van der Waals surface area contributed by atoms with E-state index in [0.717, 1.165) is 4.47 Å². The maximum atomic E-state index is 3.95. The molecular formula is C40H25Br. The molecule has 0 unspecified atom stereocenters. The summed E-state index contributed by atoms with van der Waals surface area (Å²) in [6.07, 6.45) is 0. The Morgan fingerprint density at radius 1 is 0.244 bits per heavy atom. The van der Waals surface area contributed by atoms with Crippen LogP contribution < -0.4 is 0 Å². The molecule has 0 spiro atoms. The molecule has 0 heterocycles. The molecule has 8 aromatic rings. The van der Waals surface area contributed by atoms with E-state index < -0.39 is 0 Å². The van der Waals surface area contributed by atoms with Crippen molar-refractivity contribution in [3.8, 4) is 33.4 Å². The van der Waals surface area contributed by atoms with E-state index in [1.807, 2.05) is 0 Å². The normalized spacial score (nSPS) is 11.5. The zero-order valence-corrected chi connectivity index (χ0v) is 23.9. The van der Waals surface area contributed by atoms with Crippen molar-refractivity contribution < 1.29 is 0 Å². The minimum absolute atomic E-state index is 1.15. The SMILES string of the molecule is Brc1c2ccccc2c(-c2c3ccccc3c(-c3ccc(-c4ccccc4)cc3)c3ccccc23)c2ccccc12. The lowest BCUT2D eigenvalue weighted by molar-refractivity contribution is 1.61. The van der Waals surface area contributed by atoms with Crippen molar-refractivity contribution in [1.82, 2.24) is 0 Å². The lowest BCUT2D eigenvalue weighted by Crippen LogP contribution is -1.93. The lowest BCUT2D eigenvalue weighted by atomic mass is 9.83. The molecule has 8 rings (SSSR count). The first-order valence-electron chi connectivity index (χ1n) is 14.0. The Morgan fingerprint density at radius 2 is 0.537 bits per heavy atom. The monoisotopic (exact) mass is 584 g/mol. The number of hydrogen-bond acceptors (Lipinski definition) is 0. The van der Waals surface area contributed by atoms with Crippen molar-refractivity contribution in [3.63, 3.8) is 0 Å². The van der Waals surface area contributed by atoms with Crippen molar-refractivity contribution in [3.05, 3.63) is 156 Å². The molecular weight excluding hydrogens is 560 g/mol. The Morgan fingerprint density at radius 3 is 0.976 bits per heavy atom. The minimum Gasteiger partial charge on any atom is -0.0622 e. The van der Waals surface area contributed by atoms with Crippen LogP contribution in [-0.4, -0.2) is 0 Å². The second kappa shape index (κ2) is 9.73. The topological polar surface area (TPSA) is 0 Å². The van der Waals surface area contributed by atoms with Crippen LogP contribution in [0.4, 0.5) is 0 Å². The quantitative estimate of drug-likeness (QED) is 0.181. The van der Waals surface area contributed by atoms with Crippen LogP contribution >= 0.6 is 15.9 Å². The van der Waals surface area contributed by atoms with Gasteiger partial charge in [0.1, 0.15) is 0 Å². The van der Waals surface area contributed by atoms with Crippen LogP contribution in [0, 0.1) is 0 Å². The zero-order chi connectivity index (χ0) is 27.3. The molecule has 0 N–H and O–H groups in total. The van der Waals surface area contributed by atoms with Gasteiger partial charge in [-0.25, -0.2) is 0 Å². The van der Waals surface area contributed by atoms with Gasteiger partial charge < -0.3 is 0 Å². The van der Waals surface area contributed by atoms with E-state index in [4.69, 9.17) is 0 Å². The highest BCUT2D eigenvalue weighted by molar-refractivity contribution is 9.10. The van der Waals surface area contributed by atoms with E-state index in [-0.39, 0.29) is 0 Å². The molecule has 0 fully saturated rings. The van der Waals surface area contributed by atoms with E-state index >= 15 is 0 Å². The summed E-state index contributed by atoms with van der Waals surface area (Å²) in [7, 11) is 0. The highest BCUT2D eigenvalue weighted by Gasteiger charge is 2.21. The number of rotatable bonds is 3. The molecule has 8 aromatic carbocycles. The first kappa shape index (κ1) is 24.1. The van der Waals surface area contributed by atoms with Gasteiger partial charge in [0.25, 0.3) is 0 Å². The summed E-state index contributed by atoms with van der Waals surface area (Å²) in [6, 6.07) is 55.0. The Labute approximate surface area is 247 Å². The van der Waals surface area contributed by atoms with Gasteiger partial charge in [-0.3, -0.25) is 0 Å². The summed E-state index contributed by atoms with van der Waals surface area (Å²) in [6.45, 7) is 0. The number of hydrogen-bond donors (Lipinski definition) is 0. The Kier molecular flexibility index (Phi) is 5.72. The van der Waals surface area contributed by atoms with Crippen molar-refractivity contribution in [1.29, 1.82) is 0 Å². The number of fused-ring (bicyclic) bond motifs is 4. The molecule has 1 heteroatoms. The minimum atomic E-state index is 1.15. The summed E-state index contributed by atoms with van der Waals surface area (Å²) < 4.78 is 1.15. The second-order valence-electron chi connectivity index (χ2n) is 10.6. The van der Waals surface area contributed by atoms with E-state index in [1.54, 1.807) is 0 Å². The van der Waals surface area contributed by atoms with Crippen LogP contribution in [0.15, 0.2) is 156 Å². The van der Waals surface area contributed by atoms with Crippen LogP contribution in [0.25, 0.3) is 76.5 Å². The van der Waals surface area contributed by atoms with E-state index in [1.165, 1.54) is 76.5 Å². The highest BCUT2D eigenvalue weighted by atomic mass is 79.9. The van der Waals surface area contributed by atoms with Crippen LogP contribution in [0.1, 0.15) is 0 Å². The van der Waals surface area contributed by atoms with Gasteiger partial charge in [-0.1, -0.05) is 152 Å². The van der Waals surface area contributed by atoms with Gasteiger partial charge in [0, 0.05) is 4.47 Å². The fraction of sp³-hybridized carbons (Fsp3) is 0. The molecule has 0 bridgehead atoms. The van der Waals surface area contributed by atoms with E-state index in [0.29, 0.717) is 0 Å². The molecule has 0 amide bonds. The van der Waals surface area contributed by atoms with Gasteiger partial charge in [0.2, 0.25) is 0 Å². The Balaban J connectivity index is 1.50. The second-order valence-corrected chi connectivity index (χ2v) is 11.4. The van der Waals surface area contributed by atoms with Crippen molar-refractivity contribution in [2.45, 2.75) is 0 Å². The number of benzene rings is 8. The predicted octanol–water partition coefficient (Wildman–Crippen LogP) is 12.1. The molecule has 0 saturated carbocycles. The Bertz CT molecular complexity index is 2130. The molecule has 0 aliphatic heterocycles. The van der Waals surface area contributed by atoms with Gasteiger partial charge >= 0.3 is 0 Å². The average Bonchev–Trinajstić information content (AvgIpc) is 3.05. The fourth-order valence-corrected chi connectivity index (χ4v) is 7.20. The van der Waals surface area contributed by atoms with Gasteiger partial charge in [-0.15, -0.1) is 0 Å². The molecule has 0 radical (unpaired) electrons. The molecule has 0 aromatic heterocycles. The van der Waals surface area contributed by atoms with E-state index in [2.05, 4.69) is 168 Å². The van der Waals surface area contributed by atoms with Gasteiger partial charge in [-0.2, -0.15) is 0 Å². The molecule has 192 valence electrons. The standard InChI is InChI=1S/C40H25Br/c41-40-35-20-10-8-18-33(35)39(34-19-9-11-21-36(34)40)38-31-16-6-4-14-29(31)37(30-15-5-7-17-32(30)38)28-24-22-27(23-25-28)26-12-2-1-3-13-26/h1-25H. The fourth-order valence-electron chi connectivity index (χ4n) is 6.51. The zero-order valence-electron chi connectivity index (χ0n) is 22.3. The van der Waals surface area contributed by atoms with Crippen LogP contribution in [0.3, 0.4) is 0 Å². The first-order chi connectivity index (χ1) is 20.3. The third-order valence-corrected chi connectivity index (χ3v) is 9.18. The highest BCUT2D eigenvalue weighted by Crippen LogP contribution is 2.49. The lowest BCUT2D eigenvalue weighted by Gasteiger charge is -2.21. The summed E-state index contributed by atoms with van der Waals surface area (Å²) in [5.41, 5.74) is 7.56. The summed E-state index contributed by atoms with van der Waals surface area (Å²) in [5.74, 6) is 0. The van der Waals surface area contributed by atoms with E-state index in [9.17, 15) is 0 Å². The van der Waals surface area contributed by atoms with Crippen molar-refractivity contribution in [2.24, 2.45) is 0 Å². The third-order valence-electron chi connectivity index (χ3n) is 8.33. The molecule has 0 aliphatic rings. The third kappa shape index (κ3) is 3.81. The predicted molar refractivity (Wildman–Crippen MR) is 180 cm³/mol. The van der Waals surface area contributed by atoms with Crippen molar-refractivity contribution >= 4 is 59.0 Å². The summed E-state index contributed by atoms with van der Waals surface area (Å²) in [4.78, 5) is 0. The maximum Gasteiger partial charge on any atom is 0.0332 e. The first-order valence-corrected chi connectivity index (χ1v) is 14.8. The number of halogens is 1. The molecule has 0 nitrogen and oxygen atoms in total. The summed E-state index contributed by atoms with van der Waals surface area (Å²) in [5, 5.41) is 10.1. The van der Waals surface area contributed by atoms with Gasteiger partial charge in [0.05, 0.1) is 0 Å². The molecule has 0 saturated heterocycles. The van der Waals surface area contributed by atoms with Gasteiger partial charge in [-0.05, 0) is 92.4 Å².